The second kappa shape index (κ2) is 6.51. The van der Waals surface area contributed by atoms with E-state index in [-0.39, 0.29) is 0 Å². The molecule has 1 heterocycles. The third-order valence-electron chi connectivity index (χ3n) is 4.58. The minimum Gasteiger partial charge on any atom is -0.321 e. The molecule has 4 nitrogen and oxygen atoms in total. The van der Waals surface area contributed by atoms with Crippen LogP contribution >= 0.6 is 0 Å². The fourth-order valence-electron chi connectivity index (χ4n) is 3.34. The van der Waals surface area contributed by atoms with Gasteiger partial charge in [-0.2, -0.15) is 0 Å². The number of rotatable bonds is 5. The Labute approximate surface area is 117 Å². The number of nitrogens with one attached hydrogen (secondary N) is 1. The number of nitrogens with zero attached hydrogens (tertiary/aromatic N) is 3. The van der Waals surface area contributed by atoms with Crippen LogP contribution in [0.2, 0.25) is 0 Å². The topological polar surface area (TPSA) is 42.7 Å². The summed E-state index contributed by atoms with van der Waals surface area (Å²) in [6.07, 6.45) is 6.83. The van der Waals surface area contributed by atoms with Crippen molar-refractivity contribution >= 4 is 0 Å². The van der Waals surface area contributed by atoms with E-state index < -0.39 is 0 Å². The maximum atomic E-state index is 4.14. The summed E-state index contributed by atoms with van der Waals surface area (Å²) >= 11 is 0. The predicted octanol–water partition coefficient (Wildman–Crippen LogP) is 2.41. The van der Waals surface area contributed by atoms with Gasteiger partial charge in [-0.3, -0.25) is 0 Å². The van der Waals surface area contributed by atoms with Crippen molar-refractivity contribution in [2.75, 3.05) is 6.54 Å². The highest BCUT2D eigenvalue weighted by Gasteiger charge is 2.30. The molecule has 19 heavy (non-hydrogen) atoms. The van der Waals surface area contributed by atoms with E-state index in [2.05, 4.69) is 36.3 Å². The highest BCUT2D eigenvalue weighted by molar-refractivity contribution is 4.89. The van der Waals surface area contributed by atoms with Gasteiger partial charge in [-0.25, -0.2) is 0 Å². The summed E-state index contributed by atoms with van der Waals surface area (Å²) in [5.74, 6) is 3.54. The highest BCUT2D eigenvalue weighted by Crippen LogP contribution is 2.33. The van der Waals surface area contributed by atoms with Gasteiger partial charge < -0.3 is 9.88 Å². The molecule has 1 aromatic rings. The van der Waals surface area contributed by atoms with Gasteiger partial charge in [-0.1, -0.05) is 27.2 Å². The van der Waals surface area contributed by atoms with Crippen molar-refractivity contribution in [3.63, 3.8) is 0 Å². The van der Waals surface area contributed by atoms with Crippen molar-refractivity contribution in [1.29, 1.82) is 0 Å². The first-order chi connectivity index (χ1) is 9.08. The van der Waals surface area contributed by atoms with Gasteiger partial charge >= 0.3 is 0 Å². The van der Waals surface area contributed by atoms with Gasteiger partial charge in [0, 0.05) is 26.1 Å². The van der Waals surface area contributed by atoms with Crippen LogP contribution in [-0.4, -0.2) is 27.4 Å². The number of hydrogen-bond acceptors (Lipinski definition) is 3. The molecular formula is C15H28N4. The van der Waals surface area contributed by atoms with Crippen LogP contribution < -0.4 is 5.32 Å². The molecule has 3 atom stereocenters. The van der Waals surface area contributed by atoms with Gasteiger partial charge in [0.05, 0.1) is 0 Å². The molecular weight excluding hydrogens is 236 g/mol. The predicted molar refractivity (Wildman–Crippen MR) is 77.8 cm³/mol. The average Bonchev–Trinajstić information content (AvgIpc) is 2.75. The average molecular weight is 264 g/mol. The summed E-state index contributed by atoms with van der Waals surface area (Å²) in [5.41, 5.74) is 0. The molecule has 1 saturated carbocycles. The van der Waals surface area contributed by atoms with Crippen molar-refractivity contribution in [1.82, 2.24) is 20.1 Å². The van der Waals surface area contributed by atoms with Gasteiger partial charge in [0.15, 0.2) is 0 Å². The molecule has 0 amide bonds. The van der Waals surface area contributed by atoms with Crippen LogP contribution in [0.1, 0.15) is 45.9 Å². The Bertz CT molecular complexity index is 385. The molecule has 0 bridgehead atoms. The Balaban J connectivity index is 1.84. The van der Waals surface area contributed by atoms with E-state index in [9.17, 15) is 0 Å². The Kier molecular flexibility index (Phi) is 4.97. The molecule has 1 aliphatic carbocycles. The quantitative estimate of drug-likeness (QED) is 0.888. The molecule has 1 aromatic heterocycles. The molecule has 0 aliphatic heterocycles. The van der Waals surface area contributed by atoms with Gasteiger partial charge in [-0.05, 0) is 30.6 Å². The fraction of sp³-hybridized carbons (Fsp3) is 0.867. The van der Waals surface area contributed by atoms with Crippen molar-refractivity contribution in [2.45, 2.75) is 52.5 Å². The standard InChI is InChI=1S/C15H28N4/c1-11(2)13-6-5-12(3)9-14(13)16-8-7-15-18-17-10-19(15)4/h10-14,16H,5-9H2,1-4H3. The van der Waals surface area contributed by atoms with Crippen molar-refractivity contribution < 1.29 is 0 Å². The van der Waals surface area contributed by atoms with Crippen LogP contribution in [0, 0.1) is 17.8 Å². The Hall–Kier alpha value is -0.900. The number of aryl methyl sites for hydroxylation is 1. The maximum Gasteiger partial charge on any atom is 0.133 e. The van der Waals surface area contributed by atoms with Crippen LogP contribution in [0.5, 0.6) is 0 Å². The minimum atomic E-state index is 0.678. The van der Waals surface area contributed by atoms with E-state index in [4.69, 9.17) is 0 Å². The molecule has 0 aromatic carbocycles. The van der Waals surface area contributed by atoms with Crippen molar-refractivity contribution in [2.24, 2.45) is 24.8 Å². The second-order valence-corrected chi connectivity index (χ2v) is 6.49. The van der Waals surface area contributed by atoms with Gasteiger partial charge in [0.2, 0.25) is 0 Å². The molecule has 108 valence electrons. The summed E-state index contributed by atoms with van der Waals surface area (Å²) in [5, 5.41) is 11.8. The maximum absolute atomic E-state index is 4.14. The molecule has 0 radical (unpaired) electrons. The lowest BCUT2D eigenvalue weighted by Gasteiger charge is -2.38. The van der Waals surface area contributed by atoms with Gasteiger partial charge in [-0.15, -0.1) is 10.2 Å². The zero-order chi connectivity index (χ0) is 13.8. The molecule has 0 saturated heterocycles. The summed E-state index contributed by atoms with van der Waals surface area (Å²) in [7, 11) is 2.01. The largest absolute Gasteiger partial charge is 0.321 e. The monoisotopic (exact) mass is 264 g/mol. The van der Waals surface area contributed by atoms with E-state index in [1.54, 1.807) is 6.33 Å². The van der Waals surface area contributed by atoms with E-state index in [0.29, 0.717) is 6.04 Å². The van der Waals surface area contributed by atoms with Crippen LogP contribution in [-0.2, 0) is 13.5 Å². The van der Waals surface area contributed by atoms with E-state index in [1.807, 2.05) is 11.6 Å². The Morgan fingerprint density at radius 3 is 2.84 bits per heavy atom. The second-order valence-electron chi connectivity index (χ2n) is 6.49. The summed E-state index contributed by atoms with van der Waals surface area (Å²) in [6.45, 7) is 8.11. The number of aromatic nitrogens is 3. The zero-order valence-electron chi connectivity index (χ0n) is 12.8. The molecule has 4 heteroatoms. The molecule has 1 aliphatic rings. The third-order valence-corrected chi connectivity index (χ3v) is 4.58. The van der Waals surface area contributed by atoms with Gasteiger partial charge in [0.25, 0.3) is 0 Å². The summed E-state index contributed by atoms with van der Waals surface area (Å²) in [4.78, 5) is 0. The van der Waals surface area contributed by atoms with E-state index >= 15 is 0 Å². The summed E-state index contributed by atoms with van der Waals surface area (Å²) in [6, 6.07) is 0.678. The first-order valence-corrected chi connectivity index (χ1v) is 7.64. The van der Waals surface area contributed by atoms with Crippen LogP contribution in [0.25, 0.3) is 0 Å². The lowest BCUT2D eigenvalue weighted by Crippen LogP contribution is -2.43. The normalized spacial score (nSPS) is 27.9. The molecule has 0 spiro atoms. The molecule has 1 N–H and O–H groups in total. The van der Waals surface area contributed by atoms with E-state index in [0.717, 1.165) is 36.5 Å². The number of hydrogen-bond donors (Lipinski definition) is 1. The highest BCUT2D eigenvalue weighted by atomic mass is 15.2. The lowest BCUT2D eigenvalue weighted by atomic mass is 9.74. The fourth-order valence-corrected chi connectivity index (χ4v) is 3.34. The third kappa shape index (κ3) is 3.78. The lowest BCUT2D eigenvalue weighted by molar-refractivity contribution is 0.170. The van der Waals surface area contributed by atoms with Crippen molar-refractivity contribution in [3.05, 3.63) is 12.2 Å². The van der Waals surface area contributed by atoms with Gasteiger partial charge in [0.1, 0.15) is 12.2 Å². The van der Waals surface area contributed by atoms with Crippen molar-refractivity contribution in [3.8, 4) is 0 Å². The Morgan fingerprint density at radius 1 is 1.42 bits per heavy atom. The molecule has 1 fully saturated rings. The zero-order valence-corrected chi connectivity index (χ0v) is 12.8. The molecule has 3 unspecified atom stereocenters. The van der Waals surface area contributed by atoms with Crippen LogP contribution in [0.15, 0.2) is 6.33 Å². The smallest absolute Gasteiger partial charge is 0.133 e. The molecule has 2 rings (SSSR count). The van der Waals surface area contributed by atoms with E-state index in [1.165, 1.54) is 19.3 Å². The first-order valence-electron chi connectivity index (χ1n) is 7.64. The van der Waals surface area contributed by atoms with Crippen LogP contribution in [0.4, 0.5) is 0 Å². The minimum absolute atomic E-state index is 0.678. The first kappa shape index (κ1) is 14.5. The summed E-state index contributed by atoms with van der Waals surface area (Å²) < 4.78 is 2.01. The van der Waals surface area contributed by atoms with Crippen LogP contribution in [0.3, 0.4) is 0 Å². The Morgan fingerprint density at radius 2 is 2.21 bits per heavy atom. The SMILES string of the molecule is CC1CCC(C(C)C)C(NCCc2nncn2C)C1.